The molecule has 39 heavy (non-hydrogen) atoms. The predicted octanol–water partition coefficient (Wildman–Crippen LogP) is 8.76. The van der Waals surface area contributed by atoms with Gasteiger partial charge in [0.15, 0.2) is 0 Å². The van der Waals surface area contributed by atoms with Gasteiger partial charge in [-0.15, -0.1) is 0 Å². The molecule has 0 amide bonds. The highest BCUT2D eigenvalue weighted by Gasteiger charge is 2.80. The largest absolute Gasteiger partial charge is 0.438 e. The van der Waals surface area contributed by atoms with Crippen molar-refractivity contribution < 1.29 is 44.1 Å². The van der Waals surface area contributed by atoms with E-state index in [4.69, 9.17) is 4.55 Å². The number of rotatable bonds is 8. The molecule has 0 bridgehead atoms. The highest BCUT2D eigenvalue weighted by molar-refractivity contribution is 7.87. The summed E-state index contributed by atoms with van der Waals surface area (Å²) in [5, 5.41) is -6.57. The molecule has 3 saturated carbocycles. The first-order valence-electron chi connectivity index (χ1n) is 14.0. The van der Waals surface area contributed by atoms with E-state index in [1.807, 2.05) is 0 Å². The molecule has 1 aromatic carbocycles. The molecule has 0 aromatic heterocycles. The molecule has 0 spiro atoms. The lowest BCUT2D eigenvalue weighted by Gasteiger charge is -2.35. The molecule has 3 aliphatic carbocycles. The van der Waals surface area contributed by atoms with Crippen molar-refractivity contribution in [2.24, 2.45) is 0 Å². The summed E-state index contributed by atoms with van der Waals surface area (Å²) in [5.74, 6) is -15.9. The minimum atomic E-state index is -6.96. The number of benzene rings is 1. The van der Waals surface area contributed by atoms with Gasteiger partial charge in [-0.25, -0.2) is 0 Å². The molecule has 0 heterocycles. The molecule has 0 saturated heterocycles. The summed E-state index contributed by atoms with van der Waals surface area (Å²) in [5.41, 5.74) is 0.581. The summed E-state index contributed by atoms with van der Waals surface area (Å²) in [6, 6.07) is 3.31. The summed E-state index contributed by atoms with van der Waals surface area (Å²) in [7, 11) is -6.96. The molecule has 1 N–H and O–H groups in total. The lowest BCUT2D eigenvalue weighted by molar-refractivity contribution is -0.257. The molecular formula is C28H36F6O4S. The standard InChI is InChI=1S/C28H36F6O4S/c29-26(30,27(31,32)28(33,34)39(36,37)38)25(35)24-22(19-12-6-2-7-13-19)16-21(18-10-4-1-5-11-18)17-23(24)20-14-8-3-9-15-20/h16-20H,1-15H2,(H,36,37,38). The highest BCUT2D eigenvalue weighted by Crippen LogP contribution is 2.52. The number of ketones is 1. The van der Waals surface area contributed by atoms with Crippen molar-refractivity contribution in [3.05, 3.63) is 34.4 Å². The number of hydrogen-bond donors (Lipinski definition) is 1. The molecule has 1 aromatic rings. The highest BCUT2D eigenvalue weighted by atomic mass is 32.2. The van der Waals surface area contributed by atoms with Crippen LogP contribution in [0.1, 0.15) is 141 Å². The Morgan fingerprint density at radius 2 is 1.03 bits per heavy atom. The Kier molecular flexibility index (Phi) is 8.82. The second kappa shape index (κ2) is 11.3. The zero-order chi connectivity index (χ0) is 28.6. The number of carbonyl (C=O) groups excluding carboxylic acids is 1. The van der Waals surface area contributed by atoms with Gasteiger partial charge < -0.3 is 0 Å². The zero-order valence-corrected chi connectivity index (χ0v) is 22.7. The van der Waals surface area contributed by atoms with Gasteiger partial charge in [0.1, 0.15) is 0 Å². The van der Waals surface area contributed by atoms with Gasteiger partial charge in [0.2, 0.25) is 5.78 Å². The van der Waals surface area contributed by atoms with Crippen molar-refractivity contribution in [2.75, 3.05) is 0 Å². The molecule has 3 fully saturated rings. The fraction of sp³-hybridized carbons (Fsp3) is 0.750. The van der Waals surface area contributed by atoms with E-state index < -0.39 is 38.6 Å². The minimum Gasteiger partial charge on any atom is -0.287 e. The van der Waals surface area contributed by atoms with E-state index in [9.17, 15) is 30.8 Å². The third-order valence-electron chi connectivity index (χ3n) is 8.98. The second-order valence-electron chi connectivity index (χ2n) is 11.5. The van der Waals surface area contributed by atoms with Crippen molar-refractivity contribution >= 4 is 15.9 Å². The number of Topliss-reactive ketones (excluding diaryl/α,β-unsaturated/α-hetero) is 1. The maximum Gasteiger partial charge on any atom is 0.438 e. The fourth-order valence-electron chi connectivity index (χ4n) is 6.76. The van der Waals surface area contributed by atoms with E-state index >= 15 is 8.78 Å². The molecule has 3 aliphatic rings. The Hall–Kier alpha value is -1.62. The molecule has 0 radical (unpaired) electrons. The van der Waals surface area contributed by atoms with E-state index in [1.54, 1.807) is 12.1 Å². The van der Waals surface area contributed by atoms with E-state index in [-0.39, 0.29) is 28.9 Å². The Balaban J connectivity index is 1.92. The van der Waals surface area contributed by atoms with E-state index in [0.29, 0.717) is 25.7 Å². The normalized spacial score (nSPS) is 21.7. The zero-order valence-electron chi connectivity index (χ0n) is 21.8. The Bertz CT molecular complexity index is 1110. The van der Waals surface area contributed by atoms with Gasteiger partial charge in [-0.3, -0.25) is 9.35 Å². The van der Waals surface area contributed by atoms with Crippen molar-refractivity contribution in [1.82, 2.24) is 0 Å². The van der Waals surface area contributed by atoms with Crippen LogP contribution in [0.3, 0.4) is 0 Å². The quantitative estimate of drug-likeness (QED) is 0.189. The lowest BCUT2D eigenvalue weighted by atomic mass is 9.72. The molecular weight excluding hydrogens is 546 g/mol. The Labute approximate surface area is 225 Å². The van der Waals surface area contributed by atoms with Crippen LogP contribution >= 0.6 is 0 Å². The van der Waals surface area contributed by atoms with Crippen LogP contribution in [0.5, 0.6) is 0 Å². The third kappa shape index (κ3) is 5.63. The van der Waals surface area contributed by atoms with Crippen LogP contribution < -0.4 is 0 Å². The average molecular weight is 583 g/mol. The van der Waals surface area contributed by atoms with Gasteiger partial charge in [0.25, 0.3) is 0 Å². The Morgan fingerprint density at radius 3 is 1.38 bits per heavy atom. The summed E-state index contributed by atoms with van der Waals surface area (Å²) in [6.45, 7) is 0. The summed E-state index contributed by atoms with van der Waals surface area (Å²) < 4.78 is 119. The van der Waals surface area contributed by atoms with Gasteiger partial charge in [-0.1, -0.05) is 69.9 Å². The van der Waals surface area contributed by atoms with Crippen molar-refractivity contribution in [3.63, 3.8) is 0 Å². The van der Waals surface area contributed by atoms with Gasteiger partial charge in [-0.2, -0.15) is 34.8 Å². The molecule has 4 rings (SSSR count). The molecule has 220 valence electrons. The van der Waals surface area contributed by atoms with Crippen LogP contribution in [0.2, 0.25) is 0 Å². The van der Waals surface area contributed by atoms with Crippen molar-refractivity contribution in [2.45, 2.75) is 131 Å². The van der Waals surface area contributed by atoms with Gasteiger partial charge in [0, 0.05) is 5.56 Å². The summed E-state index contributed by atoms with van der Waals surface area (Å²) in [4.78, 5) is 13.5. The number of carbonyl (C=O) groups is 1. The molecule has 0 atom stereocenters. The topological polar surface area (TPSA) is 71.4 Å². The van der Waals surface area contributed by atoms with Gasteiger partial charge in [-0.05, 0) is 73.0 Å². The monoisotopic (exact) mass is 582 g/mol. The van der Waals surface area contributed by atoms with Crippen molar-refractivity contribution in [3.8, 4) is 0 Å². The summed E-state index contributed by atoms with van der Waals surface area (Å²) >= 11 is 0. The Morgan fingerprint density at radius 1 is 0.667 bits per heavy atom. The number of hydrogen-bond acceptors (Lipinski definition) is 3. The first-order valence-corrected chi connectivity index (χ1v) is 15.5. The molecule has 0 unspecified atom stereocenters. The number of halogens is 6. The van der Waals surface area contributed by atoms with E-state index in [0.717, 1.165) is 76.2 Å². The second-order valence-corrected chi connectivity index (χ2v) is 13.0. The van der Waals surface area contributed by atoms with E-state index in [1.165, 1.54) is 0 Å². The fourth-order valence-corrected chi connectivity index (χ4v) is 7.21. The third-order valence-corrected chi connectivity index (χ3v) is 9.89. The first kappa shape index (κ1) is 30.3. The lowest BCUT2D eigenvalue weighted by Crippen LogP contribution is -2.60. The molecule has 11 heteroatoms. The van der Waals surface area contributed by atoms with Gasteiger partial charge >= 0.3 is 27.2 Å². The summed E-state index contributed by atoms with van der Waals surface area (Å²) in [6.07, 6.45) is 11.7. The predicted molar refractivity (Wildman–Crippen MR) is 135 cm³/mol. The van der Waals surface area contributed by atoms with Crippen LogP contribution in [-0.2, 0) is 10.1 Å². The first-order chi connectivity index (χ1) is 18.2. The van der Waals surface area contributed by atoms with Crippen molar-refractivity contribution in [1.29, 1.82) is 0 Å². The van der Waals surface area contributed by atoms with Crippen LogP contribution in [0.15, 0.2) is 12.1 Å². The van der Waals surface area contributed by atoms with Crippen LogP contribution in [-0.4, -0.2) is 35.9 Å². The van der Waals surface area contributed by atoms with Gasteiger partial charge in [0.05, 0.1) is 0 Å². The average Bonchev–Trinajstić information content (AvgIpc) is 2.92. The SMILES string of the molecule is O=C(c1c(C2CCCCC2)cc(C2CCCCC2)cc1C1CCCCC1)C(F)(F)C(F)(F)C(F)(F)S(=O)(=O)O. The molecule has 4 nitrogen and oxygen atoms in total. The van der Waals surface area contributed by atoms with Crippen LogP contribution in [0.25, 0.3) is 0 Å². The maximum atomic E-state index is 15.3. The van der Waals surface area contributed by atoms with E-state index in [2.05, 4.69) is 0 Å². The van der Waals surface area contributed by atoms with Crippen LogP contribution in [0.4, 0.5) is 26.3 Å². The number of alkyl halides is 6. The smallest absolute Gasteiger partial charge is 0.287 e. The minimum absolute atomic E-state index is 0.124. The molecule has 0 aliphatic heterocycles. The maximum absolute atomic E-state index is 15.3. The van der Waals surface area contributed by atoms with Crippen LogP contribution in [0, 0.1) is 0 Å².